The van der Waals surface area contributed by atoms with Crippen LogP contribution in [0.2, 0.25) is 0 Å². The quantitative estimate of drug-likeness (QED) is 0.343. The van der Waals surface area contributed by atoms with E-state index in [2.05, 4.69) is 63.3 Å². The second-order valence-corrected chi connectivity index (χ2v) is 7.43. The van der Waals surface area contributed by atoms with Crippen LogP contribution < -0.4 is 10.6 Å². The highest BCUT2D eigenvalue weighted by Gasteiger charge is 2.25. The van der Waals surface area contributed by atoms with E-state index in [0.717, 1.165) is 41.6 Å². The van der Waals surface area contributed by atoms with E-state index in [1.807, 2.05) is 18.5 Å². The Labute approximate surface area is 200 Å². The van der Waals surface area contributed by atoms with E-state index in [1.165, 1.54) is 17.5 Å². The van der Waals surface area contributed by atoms with Crippen molar-refractivity contribution >= 4 is 48.2 Å². The Hall–Kier alpha value is -2.02. The first-order valence-electron chi connectivity index (χ1n) is 9.89. The first-order chi connectivity index (χ1) is 13.9. The summed E-state index contributed by atoms with van der Waals surface area (Å²) < 4.78 is 5.79. The van der Waals surface area contributed by atoms with E-state index >= 15 is 0 Å². The van der Waals surface area contributed by atoms with Crippen molar-refractivity contribution in [3.8, 4) is 11.1 Å². The average molecular weight is 482 g/mol. The maximum atomic E-state index is 5.79. The minimum atomic E-state index is 0. The molecule has 3 heterocycles. The first-order valence-corrected chi connectivity index (χ1v) is 9.89. The SMILES string of the molecule is Cl.Cl.Cl.c1ccc([C@@H]2NCCC[C@@H]2NCc2cc(-c3cn[nH]c3)cc3ccoc23)cc1. The monoisotopic (exact) mass is 480 g/mol. The van der Waals surface area contributed by atoms with Crippen molar-refractivity contribution in [3.05, 3.63) is 78.3 Å². The lowest BCUT2D eigenvalue weighted by Gasteiger charge is -2.34. The van der Waals surface area contributed by atoms with Crippen molar-refractivity contribution in [2.24, 2.45) is 0 Å². The van der Waals surface area contributed by atoms with Gasteiger partial charge in [-0.3, -0.25) is 5.10 Å². The van der Waals surface area contributed by atoms with Crippen LogP contribution in [-0.2, 0) is 6.54 Å². The molecule has 1 aliphatic rings. The second kappa shape index (κ2) is 11.6. The third kappa shape index (κ3) is 5.43. The Balaban J connectivity index is 0.00000114. The van der Waals surface area contributed by atoms with Crippen LogP contribution in [0.1, 0.15) is 30.0 Å². The van der Waals surface area contributed by atoms with Gasteiger partial charge in [-0.05, 0) is 48.7 Å². The molecule has 5 nitrogen and oxygen atoms in total. The molecule has 2 aromatic carbocycles. The molecule has 166 valence electrons. The molecule has 3 N–H and O–H groups in total. The van der Waals surface area contributed by atoms with Gasteiger partial charge in [-0.1, -0.05) is 30.3 Å². The lowest BCUT2D eigenvalue weighted by Crippen LogP contribution is -2.45. The molecule has 0 bridgehead atoms. The molecule has 1 aliphatic heterocycles. The summed E-state index contributed by atoms with van der Waals surface area (Å²) in [6.07, 6.45) is 7.90. The molecule has 1 fully saturated rings. The maximum absolute atomic E-state index is 5.79. The van der Waals surface area contributed by atoms with Crippen molar-refractivity contribution in [2.75, 3.05) is 6.54 Å². The molecule has 8 heteroatoms. The lowest BCUT2D eigenvalue weighted by atomic mass is 9.92. The van der Waals surface area contributed by atoms with Crippen molar-refractivity contribution in [1.82, 2.24) is 20.8 Å². The van der Waals surface area contributed by atoms with Crippen LogP contribution in [0, 0.1) is 0 Å². The number of furan rings is 1. The van der Waals surface area contributed by atoms with Gasteiger partial charge < -0.3 is 15.1 Å². The van der Waals surface area contributed by atoms with Crippen LogP contribution in [0.4, 0.5) is 0 Å². The zero-order valence-electron chi connectivity index (χ0n) is 16.9. The van der Waals surface area contributed by atoms with Gasteiger partial charge in [0.25, 0.3) is 0 Å². The molecule has 2 atom stereocenters. The summed E-state index contributed by atoms with van der Waals surface area (Å²) >= 11 is 0. The van der Waals surface area contributed by atoms with Crippen LogP contribution in [0.5, 0.6) is 0 Å². The van der Waals surface area contributed by atoms with Crippen LogP contribution in [-0.4, -0.2) is 22.8 Å². The van der Waals surface area contributed by atoms with Crippen LogP contribution >= 0.6 is 37.2 Å². The summed E-state index contributed by atoms with van der Waals surface area (Å²) in [5, 5.41) is 15.6. The number of fused-ring (bicyclic) bond motifs is 1. The Morgan fingerprint density at radius 2 is 1.87 bits per heavy atom. The van der Waals surface area contributed by atoms with Gasteiger partial charge in [0.2, 0.25) is 0 Å². The van der Waals surface area contributed by atoms with Gasteiger partial charge in [0, 0.05) is 41.3 Å². The second-order valence-electron chi connectivity index (χ2n) is 7.43. The standard InChI is InChI=1S/C23H24N4O.3ClH/c1-2-5-16(6-3-1)22-21(7-4-9-24-22)25-13-19-12-18(20-14-26-27-15-20)11-17-8-10-28-23(17)19;;;/h1-3,5-6,8,10-12,14-15,21-22,24-25H,4,7,9,13H2,(H,26,27);3*1H/t21-,22-;;;/m0.../s1. The molecular formula is C23H27Cl3N4O. The van der Waals surface area contributed by atoms with E-state index in [0.29, 0.717) is 12.1 Å². The Kier molecular flexibility index (Phi) is 9.41. The zero-order chi connectivity index (χ0) is 18.8. The molecule has 0 saturated carbocycles. The Morgan fingerprint density at radius 3 is 2.65 bits per heavy atom. The topological polar surface area (TPSA) is 65.9 Å². The molecular weight excluding hydrogens is 455 g/mol. The van der Waals surface area contributed by atoms with Gasteiger partial charge in [-0.15, -0.1) is 37.2 Å². The minimum absolute atomic E-state index is 0. The van der Waals surface area contributed by atoms with E-state index in [4.69, 9.17) is 4.42 Å². The smallest absolute Gasteiger partial charge is 0.138 e. The summed E-state index contributed by atoms with van der Waals surface area (Å²) in [5.74, 6) is 0. The van der Waals surface area contributed by atoms with Crippen LogP contribution in [0.3, 0.4) is 0 Å². The third-order valence-corrected chi connectivity index (χ3v) is 5.63. The Morgan fingerprint density at radius 1 is 1.03 bits per heavy atom. The average Bonchev–Trinajstić information content (AvgIpc) is 3.44. The van der Waals surface area contributed by atoms with Crippen LogP contribution in [0.25, 0.3) is 22.1 Å². The number of rotatable bonds is 5. The number of halogens is 3. The Bertz CT molecular complexity index is 1050. The number of hydrogen-bond donors (Lipinski definition) is 3. The highest BCUT2D eigenvalue weighted by atomic mass is 35.5. The molecule has 0 spiro atoms. The molecule has 31 heavy (non-hydrogen) atoms. The normalized spacial score (nSPS) is 17.9. The third-order valence-electron chi connectivity index (χ3n) is 5.63. The number of aromatic amines is 1. The maximum Gasteiger partial charge on any atom is 0.138 e. The van der Waals surface area contributed by atoms with Gasteiger partial charge in [-0.25, -0.2) is 0 Å². The summed E-state index contributed by atoms with van der Waals surface area (Å²) in [5.41, 5.74) is 5.72. The van der Waals surface area contributed by atoms with Crippen molar-refractivity contribution in [2.45, 2.75) is 31.5 Å². The molecule has 0 amide bonds. The molecule has 2 aromatic heterocycles. The van der Waals surface area contributed by atoms with E-state index in [9.17, 15) is 0 Å². The van der Waals surface area contributed by atoms with E-state index in [1.54, 1.807) is 6.26 Å². The van der Waals surface area contributed by atoms with Crippen molar-refractivity contribution < 1.29 is 4.42 Å². The molecule has 0 radical (unpaired) electrons. The molecule has 5 rings (SSSR count). The van der Waals surface area contributed by atoms with Gasteiger partial charge in [0.05, 0.1) is 12.5 Å². The van der Waals surface area contributed by atoms with Gasteiger partial charge in [-0.2, -0.15) is 5.10 Å². The predicted octanol–water partition coefficient (Wildman–Crippen LogP) is 5.67. The fourth-order valence-corrected chi connectivity index (χ4v) is 4.22. The fraction of sp³-hybridized carbons (Fsp3) is 0.261. The number of aromatic nitrogens is 2. The number of nitrogens with one attached hydrogen (secondary N) is 3. The number of nitrogens with zero attached hydrogens (tertiary/aromatic N) is 1. The van der Waals surface area contributed by atoms with E-state index in [-0.39, 0.29) is 37.2 Å². The minimum Gasteiger partial charge on any atom is -0.464 e. The van der Waals surface area contributed by atoms with Gasteiger partial charge >= 0.3 is 0 Å². The molecule has 1 saturated heterocycles. The highest BCUT2D eigenvalue weighted by Crippen LogP contribution is 2.29. The number of hydrogen-bond acceptors (Lipinski definition) is 4. The van der Waals surface area contributed by atoms with E-state index < -0.39 is 0 Å². The number of H-pyrrole nitrogens is 1. The van der Waals surface area contributed by atoms with Crippen molar-refractivity contribution in [3.63, 3.8) is 0 Å². The lowest BCUT2D eigenvalue weighted by molar-refractivity contribution is 0.304. The summed E-state index contributed by atoms with van der Waals surface area (Å²) in [6.45, 7) is 1.83. The predicted molar refractivity (Wildman–Crippen MR) is 133 cm³/mol. The molecule has 0 aliphatic carbocycles. The zero-order valence-corrected chi connectivity index (χ0v) is 19.4. The first kappa shape index (κ1) is 25.2. The summed E-state index contributed by atoms with van der Waals surface area (Å²) in [6, 6.07) is 17.8. The van der Waals surface area contributed by atoms with Gasteiger partial charge in [0.15, 0.2) is 0 Å². The van der Waals surface area contributed by atoms with Gasteiger partial charge in [0.1, 0.15) is 5.58 Å². The van der Waals surface area contributed by atoms with Crippen LogP contribution in [0.15, 0.2) is 71.6 Å². The largest absolute Gasteiger partial charge is 0.464 e. The van der Waals surface area contributed by atoms with Crippen molar-refractivity contribution in [1.29, 1.82) is 0 Å². The number of benzene rings is 2. The summed E-state index contributed by atoms with van der Waals surface area (Å²) in [7, 11) is 0. The fourth-order valence-electron chi connectivity index (χ4n) is 4.22. The summed E-state index contributed by atoms with van der Waals surface area (Å²) in [4.78, 5) is 0. The molecule has 0 unspecified atom stereocenters. The highest BCUT2D eigenvalue weighted by molar-refractivity contribution is 5.86. The molecule has 4 aromatic rings. The number of piperidine rings is 1.